The van der Waals surface area contributed by atoms with Crippen molar-refractivity contribution in [1.29, 1.82) is 0 Å². The number of ether oxygens (including phenoxy) is 1. The van der Waals surface area contributed by atoms with Gasteiger partial charge in [-0.1, -0.05) is 12.1 Å². The van der Waals surface area contributed by atoms with Crippen molar-refractivity contribution in [2.45, 2.75) is 43.9 Å². The van der Waals surface area contributed by atoms with Crippen molar-refractivity contribution < 1.29 is 32.3 Å². The van der Waals surface area contributed by atoms with Crippen LogP contribution in [-0.4, -0.2) is 59.3 Å². The molecular formula is C27H28F3N3O4. The van der Waals surface area contributed by atoms with Crippen molar-refractivity contribution >= 4 is 23.4 Å². The molecule has 3 heterocycles. The van der Waals surface area contributed by atoms with E-state index < -0.39 is 17.3 Å². The highest BCUT2D eigenvalue weighted by molar-refractivity contribution is 5.95. The van der Waals surface area contributed by atoms with Crippen LogP contribution in [0.4, 0.5) is 18.9 Å². The van der Waals surface area contributed by atoms with E-state index in [1.807, 2.05) is 23.1 Å². The summed E-state index contributed by atoms with van der Waals surface area (Å²) >= 11 is 0. The molecule has 1 spiro atoms. The van der Waals surface area contributed by atoms with E-state index in [0.29, 0.717) is 63.3 Å². The normalized spacial score (nSPS) is 20.0. The van der Waals surface area contributed by atoms with E-state index >= 15 is 0 Å². The topological polar surface area (TPSA) is 79.0 Å². The van der Waals surface area contributed by atoms with Gasteiger partial charge in [0.1, 0.15) is 11.4 Å². The number of nitrogens with one attached hydrogen (secondary N) is 1. The van der Waals surface area contributed by atoms with Crippen molar-refractivity contribution in [2.75, 3.05) is 31.5 Å². The van der Waals surface area contributed by atoms with Gasteiger partial charge in [-0.2, -0.15) is 13.2 Å². The summed E-state index contributed by atoms with van der Waals surface area (Å²) < 4.78 is 44.7. The summed E-state index contributed by atoms with van der Waals surface area (Å²) in [7, 11) is 0. The molecule has 2 aromatic carbocycles. The third-order valence-corrected chi connectivity index (χ3v) is 7.55. The molecule has 2 saturated heterocycles. The van der Waals surface area contributed by atoms with Crippen LogP contribution in [-0.2, 0) is 15.8 Å². The van der Waals surface area contributed by atoms with Gasteiger partial charge in [-0.3, -0.25) is 14.4 Å². The van der Waals surface area contributed by atoms with Gasteiger partial charge in [-0.15, -0.1) is 0 Å². The van der Waals surface area contributed by atoms with Crippen LogP contribution in [0.5, 0.6) is 5.75 Å². The Morgan fingerprint density at radius 3 is 2.22 bits per heavy atom. The van der Waals surface area contributed by atoms with Gasteiger partial charge < -0.3 is 19.9 Å². The van der Waals surface area contributed by atoms with Crippen molar-refractivity contribution in [3.8, 4) is 5.75 Å². The number of alkyl halides is 3. The van der Waals surface area contributed by atoms with Crippen molar-refractivity contribution in [1.82, 2.24) is 9.80 Å². The fourth-order valence-corrected chi connectivity index (χ4v) is 5.40. The second-order valence-corrected chi connectivity index (χ2v) is 9.97. The molecule has 0 aliphatic carbocycles. The zero-order valence-electron chi connectivity index (χ0n) is 20.2. The van der Waals surface area contributed by atoms with E-state index in [-0.39, 0.29) is 35.6 Å². The third kappa shape index (κ3) is 5.28. The molecule has 10 heteroatoms. The van der Waals surface area contributed by atoms with Crippen LogP contribution in [0, 0.1) is 5.92 Å². The van der Waals surface area contributed by atoms with Crippen molar-refractivity contribution in [3.05, 3.63) is 59.7 Å². The minimum atomic E-state index is -4.45. The number of carbonyl (C=O) groups is 3. The molecule has 2 aromatic rings. The van der Waals surface area contributed by atoms with E-state index in [1.54, 1.807) is 11.0 Å². The summed E-state index contributed by atoms with van der Waals surface area (Å²) in [6, 6.07) is 11.5. The summed E-state index contributed by atoms with van der Waals surface area (Å²) in [6.45, 7) is 1.71. The highest BCUT2D eigenvalue weighted by atomic mass is 19.4. The molecular weight excluding hydrogens is 487 g/mol. The lowest BCUT2D eigenvalue weighted by atomic mass is 9.86. The summed E-state index contributed by atoms with van der Waals surface area (Å²) in [6.07, 6.45) is -2.13. The van der Waals surface area contributed by atoms with E-state index in [2.05, 4.69) is 5.32 Å². The number of anilines is 1. The van der Waals surface area contributed by atoms with Gasteiger partial charge in [-0.05, 0) is 49.2 Å². The Kier molecular flexibility index (Phi) is 6.59. The van der Waals surface area contributed by atoms with Gasteiger partial charge in [-0.25, -0.2) is 0 Å². The summed E-state index contributed by atoms with van der Waals surface area (Å²) in [4.78, 5) is 41.9. The lowest BCUT2D eigenvalue weighted by molar-refractivity contribution is -0.141. The minimum absolute atomic E-state index is 0.0370. The fraction of sp³-hybridized carbons (Fsp3) is 0.444. The number of rotatable bonds is 2. The Labute approximate surface area is 212 Å². The number of para-hydroxylation sites is 2. The molecule has 0 saturated carbocycles. The van der Waals surface area contributed by atoms with Gasteiger partial charge in [0.2, 0.25) is 11.8 Å². The van der Waals surface area contributed by atoms with E-state index in [0.717, 1.165) is 12.1 Å². The molecule has 3 amide bonds. The molecule has 0 bridgehead atoms. The van der Waals surface area contributed by atoms with Crippen molar-refractivity contribution in [3.63, 3.8) is 0 Å². The Bertz CT molecular complexity index is 1180. The van der Waals surface area contributed by atoms with Crippen LogP contribution in [0.25, 0.3) is 0 Å². The first-order valence-electron chi connectivity index (χ1n) is 12.5. The standard InChI is InChI=1S/C27H28F3N3O4/c28-27(29,30)20-7-5-18(6-8-20)24(35)32-13-9-19(10-14-32)25(36)33-15-11-26(12-16-33)17-23(34)31-21-3-1-2-4-22(21)37-26/h1-8,19H,9-17H2,(H,31,34). The molecule has 196 valence electrons. The second-order valence-electron chi connectivity index (χ2n) is 9.97. The number of hydrogen-bond donors (Lipinski definition) is 1. The van der Waals surface area contributed by atoms with Crippen molar-refractivity contribution in [2.24, 2.45) is 5.92 Å². The maximum atomic E-state index is 13.2. The number of amides is 3. The Morgan fingerprint density at radius 1 is 0.919 bits per heavy atom. The third-order valence-electron chi connectivity index (χ3n) is 7.55. The van der Waals surface area contributed by atoms with Crippen LogP contribution >= 0.6 is 0 Å². The highest BCUT2D eigenvalue weighted by Crippen LogP contribution is 2.39. The molecule has 1 N–H and O–H groups in total. The van der Waals surface area contributed by atoms with Gasteiger partial charge in [0.25, 0.3) is 5.91 Å². The maximum absolute atomic E-state index is 13.2. The molecule has 3 aliphatic rings. The zero-order chi connectivity index (χ0) is 26.2. The fourth-order valence-electron chi connectivity index (χ4n) is 5.40. The average molecular weight is 516 g/mol. The summed E-state index contributed by atoms with van der Waals surface area (Å²) in [5, 5.41) is 2.89. The Balaban J connectivity index is 1.15. The molecule has 0 radical (unpaired) electrons. The zero-order valence-corrected chi connectivity index (χ0v) is 20.2. The molecule has 0 atom stereocenters. The summed E-state index contributed by atoms with van der Waals surface area (Å²) in [5.41, 5.74) is -0.588. The Hall–Kier alpha value is -3.56. The minimum Gasteiger partial charge on any atom is -0.484 e. The van der Waals surface area contributed by atoms with Crippen LogP contribution in [0.1, 0.15) is 48.0 Å². The molecule has 37 heavy (non-hydrogen) atoms. The molecule has 3 aliphatic heterocycles. The Morgan fingerprint density at radius 2 is 1.57 bits per heavy atom. The summed E-state index contributed by atoms with van der Waals surface area (Å²) in [5.74, 6) is 0.0244. The number of hydrogen-bond acceptors (Lipinski definition) is 4. The lowest BCUT2D eigenvalue weighted by Crippen LogP contribution is -2.52. The van der Waals surface area contributed by atoms with E-state index in [9.17, 15) is 27.6 Å². The highest BCUT2D eigenvalue weighted by Gasteiger charge is 2.43. The predicted octanol–water partition coefficient (Wildman–Crippen LogP) is 4.34. The number of fused-ring (bicyclic) bond motifs is 1. The number of carbonyl (C=O) groups excluding carboxylic acids is 3. The van der Waals surface area contributed by atoms with E-state index in [1.165, 1.54) is 12.1 Å². The first-order valence-corrected chi connectivity index (χ1v) is 12.5. The van der Waals surface area contributed by atoms with Crippen LogP contribution in [0.15, 0.2) is 48.5 Å². The number of piperidine rings is 2. The van der Waals surface area contributed by atoms with Crippen LogP contribution in [0.2, 0.25) is 0 Å². The predicted molar refractivity (Wildman–Crippen MR) is 129 cm³/mol. The number of likely N-dealkylation sites (tertiary alicyclic amines) is 2. The van der Waals surface area contributed by atoms with Gasteiger partial charge in [0.15, 0.2) is 0 Å². The largest absolute Gasteiger partial charge is 0.484 e. The lowest BCUT2D eigenvalue weighted by Gasteiger charge is -2.42. The monoisotopic (exact) mass is 515 g/mol. The number of halogens is 3. The average Bonchev–Trinajstić information content (AvgIpc) is 3.03. The first kappa shape index (κ1) is 25.1. The van der Waals surface area contributed by atoms with Gasteiger partial charge >= 0.3 is 6.18 Å². The SMILES string of the molecule is O=C1CC2(CCN(C(=O)C3CCN(C(=O)c4ccc(C(F)(F)F)cc4)CC3)CC2)Oc2ccccc2N1. The molecule has 7 nitrogen and oxygen atoms in total. The van der Waals surface area contributed by atoms with Crippen LogP contribution in [0.3, 0.4) is 0 Å². The maximum Gasteiger partial charge on any atom is 0.416 e. The molecule has 0 unspecified atom stereocenters. The second kappa shape index (κ2) is 9.72. The molecule has 2 fully saturated rings. The van der Waals surface area contributed by atoms with Crippen LogP contribution < -0.4 is 10.1 Å². The number of benzene rings is 2. The molecule has 5 rings (SSSR count). The first-order chi connectivity index (χ1) is 17.6. The smallest absolute Gasteiger partial charge is 0.416 e. The molecule has 0 aromatic heterocycles. The van der Waals surface area contributed by atoms with Gasteiger partial charge in [0, 0.05) is 50.5 Å². The number of nitrogens with zero attached hydrogens (tertiary/aromatic N) is 2. The van der Waals surface area contributed by atoms with E-state index in [4.69, 9.17) is 4.74 Å². The van der Waals surface area contributed by atoms with Gasteiger partial charge in [0.05, 0.1) is 17.7 Å². The quantitative estimate of drug-likeness (QED) is 0.646.